The van der Waals surface area contributed by atoms with E-state index in [0.717, 1.165) is 31.2 Å². The zero-order chi connectivity index (χ0) is 16.7. The maximum Gasteiger partial charge on any atom is 0.253 e. The smallest absolute Gasteiger partial charge is 0.253 e. The summed E-state index contributed by atoms with van der Waals surface area (Å²) in [6.45, 7) is 0.327. The van der Waals surface area contributed by atoms with E-state index in [1.807, 2.05) is 30.3 Å². The fourth-order valence-corrected chi connectivity index (χ4v) is 2.75. The quantitative estimate of drug-likeness (QED) is 0.839. The molecule has 126 valence electrons. The summed E-state index contributed by atoms with van der Waals surface area (Å²) in [5, 5.41) is 2.83. The van der Waals surface area contributed by atoms with Crippen molar-refractivity contribution in [1.29, 1.82) is 0 Å². The Balaban J connectivity index is 1.95. The van der Waals surface area contributed by atoms with Crippen LogP contribution < -0.4 is 5.32 Å². The molecule has 2 amide bonds. The van der Waals surface area contributed by atoms with Crippen LogP contribution in [-0.2, 0) is 14.3 Å². The predicted molar refractivity (Wildman–Crippen MR) is 88.8 cm³/mol. The van der Waals surface area contributed by atoms with Crippen molar-refractivity contribution >= 4 is 11.8 Å². The minimum absolute atomic E-state index is 0.00160. The molecular weight excluding hydrogens is 292 g/mol. The van der Waals surface area contributed by atoms with E-state index in [9.17, 15) is 9.59 Å². The number of carbonyl (C=O) groups is 2. The van der Waals surface area contributed by atoms with Gasteiger partial charge in [-0.15, -0.1) is 0 Å². The van der Waals surface area contributed by atoms with Crippen molar-refractivity contribution in [3.63, 3.8) is 0 Å². The molecule has 0 bridgehead atoms. The second-order valence-corrected chi connectivity index (χ2v) is 6.16. The summed E-state index contributed by atoms with van der Waals surface area (Å²) in [5.74, 6) is -0.173. The number of benzene rings is 1. The SMILES string of the molecule is CN(C)C(=O)CCNC(=O)[C@H](OC1CCCC1)c1ccccc1. The standard InChI is InChI=1S/C18H26N2O3/c1-20(2)16(21)12-13-19-18(22)17(14-8-4-3-5-9-14)23-15-10-6-7-11-15/h3-5,8-9,15,17H,6-7,10-13H2,1-2H3,(H,19,22)/t17-/m1/s1. The monoisotopic (exact) mass is 318 g/mol. The number of nitrogens with one attached hydrogen (secondary N) is 1. The van der Waals surface area contributed by atoms with Gasteiger partial charge in [-0.3, -0.25) is 9.59 Å². The van der Waals surface area contributed by atoms with Crippen LogP contribution in [0.25, 0.3) is 0 Å². The Labute approximate surface area is 138 Å². The molecule has 5 nitrogen and oxygen atoms in total. The highest BCUT2D eigenvalue weighted by molar-refractivity contribution is 5.83. The van der Waals surface area contributed by atoms with Crippen LogP contribution in [0.15, 0.2) is 30.3 Å². The molecule has 1 N–H and O–H groups in total. The van der Waals surface area contributed by atoms with E-state index in [4.69, 9.17) is 4.74 Å². The largest absolute Gasteiger partial charge is 0.360 e. The maximum absolute atomic E-state index is 12.5. The Hall–Kier alpha value is -1.88. The normalized spacial score (nSPS) is 16.1. The molecule has 0 spiro atoms. The highest BCUT2D eigenvalue weighted by Gasteiger charge is 2.27. The van der Waals surface area contributed by atoms with Gasteiger partial charge in [0.25, 0.3) is 5.91 Å². The average molecular weight is 318 g/mol. The number of hydrogen-bond donors (Lipinski definition) is 1. The molecule has 1 saturated carbocycles. The summed E-state index contributed by atoms with van der Waals surface area (Å²) in [7, 11) is 3.42. The van der Waals surface area contributed by atoms with Gasteiger partial charge in [-0.05, 0) is 18.4 Å². The summed E-state index contributed by atoms with van der Waals surface area (Å²) in [5.41, 5.74) is 0.857. The Morgan fingerprint density at radius 1 is 1.22 bits per heavy atom. The minimum Gasteiger partial charge on any atom is -0.360 e. The third-order valence-corrected chi connectivity index (χ3v) is 4.11. The molecule has 0 saturated heterocycles. The molecule has 0 aliphatic heterocycles. The molecule has 2 rings (SSSR count). The first kappa shape index (κ1) is 17.5. The summed E-state index contributed by atoms with van der Waals surface area (Å²) in [4.78, 5) is 25.6. The fraction of sp³-hybridized carbons (Fsp3) is 0.556. The van der Waals surface area contributed by atoms with Gasteiger partial charge < -0.3 is 15.0 Å². The lowest BCUT2D eigenvalue weighted by Crippen LogP contribution is -2.35. The molecule has 1 aromatic rings. The molecule has 1 aromatic carbocycles. The van der Waals surface area contributed by atoms with Crippen LogP contribution >= 0.6 is 0 Å². The molecule has 1 aliphatic rings. The molecule has 0 unspecified atom stereocenters. The number of nitrogens with zero attached hydrogens (tertiary/aromatic N) is 1. The average Bonchev–Trinajstić information content (AvgIpc) is 3.06. The molecule has 0 radical (unpaired) electrons. The van der Waals surface area contributed by atoms with E-state index >= 15 is 0 Å². The van der Waals surface area contributed by atoms with Gasteiger partial charge in [0.1, 0.15) is 0 Å². The van der Waals surface area contributed by atoms with E-state index in [0.29, 0.717) is 13.0 Å². The molecule has 1 atom stereocenters. The first-order chi connectivity index (χ1) is 11.1. The van der Waals surface area contributed by atoms with Gasteiger partial charge in [0, 0.05) is 27.1 Å². The van der Waals surface area contributed by atoms with Crippen molar-refractivity contribution in [3.05, 3.63) is 35.9 Å². The van der Waals surface area contributed by atoms with Crippen LogP contribution in [0.2, 0.25) is 0 Å². The van der Waals surface area contributed by atoms with Crippen molar-refractivity contribution in [1.82, 2.24) is 10.2 Å². The highest BCUT2D eigenvalue weighted by atomic mass is 16.5. The number of ether oxygens (including phenoxy) is 1. The topological polar surface area (TPSA) is 58.6 Å². The molecular formula is C18H26N2O3. The molecule has 1 fully saturated rings. The predicted octanol–water partition coefficient (Wildman–Crippen LogP) is 2.28. The number of amides is 2. The number of rotatable bonds is 7. The van der Waals surface area contributed by atoms with Crippen molar-refractivity contribution in [2.45, 2.75) is 44.3 Å². The third kappa shape index (κ3) is 5.36. The molecule has 1 aliphatic carbocycles. The van der Waals surface area contributed by atoms with Crippen LogP contribution in [0.5, 0.6) is 0 Å². The maximum atomic E-state index is 12.5. The van der Waals surface area contributed by atoms with E-state index in [1.54, 1.807) is 14.1 Å². The van der Waals surface area contributed by atoms with Crippen molar-refractivity contribution in [3.8, 4) is 0 Å². The van der Waals surface area contributed by atoms with Crippen molar-refractivity contribution in [2.24, 2.45) is 0 Å². The van der Waals surface area contributed by atoms with Crippen LogP contribution in [0.4, 0.5) is 0 Å². The van der Waals surface area contributed by atoms with Gasteiger partial charge in [0.2, 0.25) is 5.91 Å². The lowest BCUT2D eigenvalue weighted by atomic mass is 10.1. The fourth-order valence-electron chi connectivity index (χ4n) is 2.75. The van der Waals surface area contributed by atoms with Gasteiger partial charge >= 0.3 is 0 Å². The lowest BCUT2D eigenvalue weighted by molar-refractivity contribution is -0.137. The summed E-state index contributed by atoms with van der Waals surface area (Å²) in [6.07, 6.45) is 4.17. The summed E-state index contributed by atoms with van der Waals surface area (Å²) < 4.78 is 6.06. The molecule has 23 heavy (non-hydrogen) atoms. The second kappa shape index (κ2) is 8.67. The highest BCUT2D eigenvalue weighted by Crippen LogP contribution is 2.28. The molecule has 0 heterocycles. The zero-order valence-electron chi connectivity index (χ0n) is 14.0. The Morgan fingerprint density at radius 2 is 1.87 bits per heavy atom. The Kier molecular flexibility index (Phi) is 6.59. The minimum atomic E-state index is -0.603. The second-order valence-electron chi connectivity index (χ2n) is 6.16. The first-order valence-electron chi connectivity index (χ1n) is 8.26. The van der Waals surface area contributed by atoms with Crippen LogP contribution in [0.1, 0.15) is 43.8 Å². The Morgan fingerprint density at radius 3 is 2.48 bits per heavy atom. The number of carbonyl (C=O) groups excluding carboxylic acids is 2. The van der Waals surface area contributed by atoms with E-state index in [1.165, 1.54) is 4.90 Å². The molecule has 5 heteroatoms. The van der Waals surface area contributed by atoms with E-state index < -0.39 is 6.10 Å². The first-order valence-corrected chi connectivity index (χ1v) is 8.26. The third-order valence-electron chi connectivity index (χ3n) is 4.11. The lowest BCUT2D eigenvalue weighted by Gasteiger charge is -2.22. The van der Waals surface area contributed by atoms with Gasteiger partial charge in [-0.1, -0.05) is 43.2 Å². The molecule has 0 aromatic heterocycles. The van der Waals surface area contributed by atoms with Gasteiger partial charge in [0.15, 0.2) is 6.10 Å². The van der Waals surface area contributed by atoms with Gasteiger partial charge in [-0.2, -0.15) is 0 Å². The number of hydrogen-bond acceptors (Lipinski definition) is 3. The van der Waals surface area contributed by atoms with Crippen LogP contribution in [-0.4, -0.2) is 43.5 Å². The van der Waals surface area contributed by atoms with Gasteiger partial charge in [-0.25, -0.2) is 0 Å². The Bertz CT molecular complexity index is 510. The van der Waals surface area contributed by atoms with E-state index in [2.05, 4.69) is 5.32 Å². The van der Waals surface area contributed by atoms with Crippen molar-refractivity contribution in [2.75, 3.05) is 20.6 Å². The zero-order valence-corrected chi connectivity index (χ0v) is 14.0. The van der Waals surface area contributed by atoms with Crippen molar-refractivity contribution < 1.29 is 14.3 Å². The van der Waals surface area contributed by atoms with Gasteiger partial charge in [0.05, 0.1) is 6.10 Å². The summed E-state index contributed by atoms with van der Waals surface area (Å²) in [6, 6.07) is 9.55. The summed E-state index contributed by atoms with van der Waals surface area (Å²) >= 11 is 0. The van der Waals surface area contributed by atoms with E-state index in [-0.39, 0.29) is 17.9 Å². The van der Waals surface area contributed by atoms with Crippen LogP contribution in [0.3, 0.4) is 0 Å². The van der Waals surface area contributed by atoms with Crippen LogP contribution in [0, 0.1) is 0 Å².